The van der Waals surface area contributed by atoms with Gasteiger partial charge in [-0.05, 0) is 31.6 Å². The van der Waals surface area contributed by atoms with Crippen molar-refractivity contribution in [1.29, 1.82) is 0 Å². The van der Waals surface area contributed by atoms with Crippen LogP contribution in [0, 0.1) is 11.8 Å². The Hall–Kier alpha value is -1.10. The number of aliphatic hydroxyl groups excluding tert-OH is 1. The summed E-state index contributed by atoms with van der Waals surface area (Å²) in [6, 6.07) is -0.336. The van der Waals surface area contributed by atoms with Crippen molar-refractivity contribution >= 4 is 11.8 Å². The van der Waals surface area contributed by atoms with Crippen molar-refractivity contribution in [1.82, 2.24) is 10.2 Å². The first-order valence-corrected chi connectivity index (χ1v) is 8.27. The fourth-order valence-corrected chi connectivity index (χ4v) is 3.27. The second-order valence-corrected chi connectivity index (χ2v) is 6.73. The minimum atomic E-state index is -0.533. The third-order valence-electron chi connectivity index (χ3n) is 4.80. The topological polar surface area (TPSA) is 69.6 Å². The van der Waals surface area contributed by atoms with Crippen LogP contribution in [-0.2, 0) is 9.59 Å². The Bertz CT molecular complexity index is 378. The Labute approximate surface area is 127 Å². The summed E-state index contributed by atoms with van der Waals surface area (Å²) in [5.74, 6) is 0.290. The quantitative estimate of drug-likeness (QED) is 0.803. The zero-order valence-corrected chi connectivity index (χ0v) is 13.2. The van der Waals surface area contributed by atoms with Gasteiger partial charge in [0.15, 0.2) is 0 Å². The molecule has 2 rings (SSSR count). The van der Waals surface area contributed by atoms with Gasteiger partial charge in [0, 0.05) is 19.0 Å². The lowest BCUT2D eigenvalue weighted by atomic mass is 10.1. The molecule has 0 aromatic rings. The average Bonchev–Trinajstić information content (AvgIpc) is 3.13. The van der Waals surface area contributed by atoms with Crippen molar-refractivity contribution in [2.75, 3.05) is 13.1 Å². The minimum absolute atomic E-state index is 0.112. The molecule has 2 fully saturated rings. The van der Waals surface area contributed by atoms with Crippen LogP contribution >= 0.6 is 0 Å². The normalized spacial score (nSPS) is 24.6. The van der Waals surface area contributed by atoms with Crippen molar-refractivity contribution < 1.29 is 14.7 Å². The van der Waals surface area contributed by atoms with Gasteiger partial charge in [-0.1, -0.05) is 26.7 Å². The van der Waals surface area contributed by atoms with E-state index in [1.807, 2.05) is 13.8 Å². The summed E-state index contributed by atoms with van der Waals surface area (Å²) in [6.07, 6.45) is 5.29. The maximum absolute atomic E-state index is 12.5. The Morgan fingerprint density at radius 2 is 1.86 bits per heavy atom. The molecule has 2 unspecified atom stereocenters. The predicted octanol–water partition coefficient (Wildman–Crippen LogP) is 1.30. The highest BCUT2D eigenvalue weighted by atomic mass is 16.3. The number of carbonyl (C=O) groups is 2. The van der Waals surface area contributed by atoms with Crippen LogP contribution in [0.15, 0.2) is 0 Å². The Morgan fingerprint density at radius 1 is 1.19 bits per heavy atom. The van der Waals surface area contributed by atoms with Gasteiger partial charge in [0.2, 0.25) is 11.8 Å². The van der Waals surface area contributed by atoms with E-state index in [1.54, 1.807) is 4.90 Å². The van der Waals surface area contributed by atoms with Gasteiger partial charge >= 0.3 is 0 Å². The van der Waals surface area contributed by atoms with Gasteiger partial charge in [0.1, 0.15) is 6.04 Å². The number of nitrogens with zero attached hydrogens (tertiary/aromatic N) is 1. The van der Waals surface area contributed by atoms with Crippen molar-refractivity contribution in [3.63, 3.8) is 0 Å². The molecule has 1 heterocycles. The van der Waals surface area contributed by atoms with Crippen LogP contribution in [0.4, 0.5) is 0 Å². The van der Waals surface area contributed by atoms with E-state index in [4.69, 9.17) is 0 Å². The Kier molecular flexibility index (Phi) is 5.62. The van der Waals surface area contributed by atoms with E-state index in [-0.39, 0.29) is 36.2 Å². The summed E-state index contributed by atoms with van der Waals surface area (Å²) < 4.78 is 0. The second-order valence-electron chi connectivity index (χ2n) is 6.73. The van der Waals surface area contributed by atoms with Gasteiger partial charge in [-0.3, -0.25) is 9.59 Å². The summed E-state index contributed by atoms with van der Waals surface area (Å²) in [4.78, 5) is 26.6. The SMILES string of the molecule is CC(C)C(O)CNC(=O)C1CCCN1C(=O)C1CCCC1. The van der Waals surface area contributed by atoms with Gasteiger partial charge in [-0.15, -0.1) is 0 Å². The van der Waals surface area contributed by atoms with E-state index in [2.05, 4.69) is 5.32 Å². The molecular formula is C16H28N2O3. The van der Waals surface area contributed by atoms with Gasteiger partial charge in [0.05, 0.1) is 6.10 Å². The summed E-state index contributed by atoms with van der Waals surface area (Å²) in [5.41, 5.74) is 0. The van der Waals surface area contributed by atoms with E-state index in [1.165, 1.54) is 0 Å². The highest BCUT2D eigenvalue weighted by Crippen LogP contribution is 2.29. The lowest BCUT2D eigenvalue weighted by Gasteiger charge is -2.27. The minimum Gasteiger partial charge on any atom is -0.391 e. The molecule has 0 aromatic carbocycles. The fraction of sp³-hybridized carbons (Fsp3) is 0.875. The van der Waals surface area contributed by atoms with Crippen molar-refractivity contribution in [2.45, 2.75) is 64.5 Å². The van der Waals surface area contributed by atoms with Gasteiger partial charge in [-0.25, -0.2) is 0 Å². The van der Waals surface area contributed by atoms with E-state index >= 15 is 0 Å². The summed E-state index contributed by atoms with van der Waals surface area (Å²) in [6.45, 7) is 4.79. The lowest BCUT2D eigenvalue weighted by Crippen LogP contribution is -2.49. The molecule has 2 N–H and O–H groups in total. The lowest BCUT2D eigenvalue weighted by molar-refractivity contribution is -0.141. The van der Waals surface area contributed by atoms with Crippen LogP contribution in [-0.4, -0.2) is 47.1 Å². The molecule has 1 saturated carbocycles. The third kappa shape index (κ3) is 3.96. The van der Waals surface area contributed by atoms with Crippen molar-refractivity contribution in [3.8, 4) is 0 Å². The van der Waals surface area contributed by atoms with Crippen LogP contribution in [0.5, 0.6) is 0 Å². The maximum Gasteiger partial charge on any atom is 0.242 e. The number of hydrogen-bond acceptors (Lipinski definition) is 3. The van der Waals surface area contributed by atoms with Crippen molar-refractivity contribution in [2.24, 2.45) is 11.8 Å². The molecule has 120 valence electrons. The highest BCUT2D eigenvalue weighted by Gasteiger charge is 2.37. The second kappa shape index (κ2) is 7.25. The van der Waals surface area contributed by atoms with Crippen molar-refractivity contribution in [3.05, 3.63) is 0 Å². The number of likely N-dealkylation sites (tertiary alicyclic amines) is 1. The molecule has 5 heteroatoms. The molecule has 0 radical (unpaired) electrons. The monoisotopic (exact) mass is 296 g/mol. The molecule has 1 saturated heterocycles. The number of nitrogens with one attached hydrogen (secondary N) is 1. The molecule has 21 heavy (non-hydrogen) atoms. The molecule has 0 bridgehead atoms. The summed E-state index contributed by atoms with van der Waals surface area (Å²) >= 11 is 0. The highest BCUT2D eigenvalue weighted by molar-refractivity contribution is 5.89. The summed E-state index contributed by atoms with van der Waals surface area (Å²) in [5, 5.41) is 12.6. The molecule has 0 spiro atoms. The Balaban J connectivity index is 1.88. The molecule has 1 aliphatic carbocycles. The largest absolute Gasteiger partial charge is 0.391 e. The van der Waals surface area contributed by atoms with Crippen LogP contribution in [0.3, 0.4) is 0 Å². The van der Waals surface area contributed by atoms with Crippen LogP contribution in [0.25, 0.3) is 0 Å². The summed E-state index contributed by atoms with van der Waals surface area (Å²) in [7, 11) is 0. The molecule has 5 nitrogen and oxygen atoms in total. The third-order valence-corrected chi connectivity index (χ3v) is 4.80. The van der Waals surface area contributed by atoms with E-state index in [0.717, 1.165) is 38.5 Å². The standard InChI is InChI=1S/C16H28N2O3/c1-11(2)14(19)10-17-15(20)13-8-5-9-18(13)16(21)12-6-3-4-7-12/h11-14,19H,3-10H2,1-2H3,(H,17,20). The van der Waals surface area contributed by atoms with E-state index < -0.39 is 6.10 Å². The molecule has 2 amide bonds. The zero-order valence-electron chi connectivity index (χ0n) is 13.2. The number of aliphatic hydroxyl groups is 1. The number of carbonyl (C=O) groups excluding carboxylic acids is 2. The first-order valence-electron chi connectivity index (χ1n) is 8.27. The van der Waals surface area contributed by atoms with Crippen LogP contribution in [0.2, 0.25) is 0 Å². The fourth-order valence-electron chi connectivity index (χ4n) is 3.27. The van der Waals surface area contributed by atoms with Gasteiger partial charge in [0.25, 0.3) is 0 Å². The molecule has 0 aromatic heterocycles. The van der Waals surface area contributed by atoms with E-state index in [9.17, 15) is 14.7 Å². The first kappa shape index (κ1) is 16.3. The van der Waals surface area contributed by atoms with Gasteiger partial charge in [-0.2, -0.15) is 0 Å². The Morgan fingerprint density at radius 3 is 2.48 bits per heavy atom. The predicted molar refractivity (Wildman–Crippen MR) is 80.5 cm³/mol. The van der Waals surface area contributed by atoms with Crippen LogP contribution < -0.4 is 5.32 Å². The first-order chi connectivity index (χ1) is 10.0. The molecule has 1 aliphatic heterocycles. The smallest absolute Gasteiger partial charge is 0.242 e. The molecule has 2 aliphatic rings. The van der Waals surface area contributed by atoms with Gasteiger partial charge < -0.3 is 15.3 Å². The zero-order chi connectivity index (χ0) is 15.4. The molecule has 2 atom stereocenters. The molecular weight excluding hydrogens is 268 g/mol. The number of amides is 2. The maximum atomic E-state index is 12.5. The average molecular weight is 296 g/mol. The van der Waals surface area contributed by atoms with E-state index in [0.29, 0.717) is 6.54 Å². The van der Waals surface area contributed by atoms with Crippen LogP contribution in [0.1, 0.15) is 52.4 Å². The number of hydrogen-bond donors (Lipinski definition) is 2. The number of rotatable bonds is 5.